The summed E-state index contributed by atoms with van der Waals surface area (Å²) in [6.45, 7) is 3.04. The minimum absolute atomic E-state index is 0.565. The molecule has 4 nitrogen and oxygen atoms in total. The van der Waals surface area contributed by atoms with Crippen LogP contribution in [0.3, 0.4) is 0 Å². The third-order valence-electron chi connectivity index (χ3n) is 2.28. The molecule has 2 heterocycles. The highest BCUT2D eigenvalue weighted by atomic mass is 16.5. The van der Waals surface area contributed by atoms with Crippen LogP contribution in [0.15, 0.2) is 24.5 Å². The van der Waals surface area contributed by atoms with E-state index in [1.807, 2.05) is 17.0 Å². The van der Waals surface area contributed by atoms with Crippen molar-refractivity contribution >= 4 is 5.84 Å². The lowest BCUT2D eigenvalue weighted by atomic mass is 10.2. The van der Waals surface area contributed by atoms with Crippen molar-refractivity contribution in [1.29, 1.82) is 5.41 Å². The summed E-state index contributed by atoms with van der Waals surface area (Å²) in [7, 11) is 0. The zero-order valence-electron chi connectivity index (χ0n) is 7.94. The molecule has 0 radical (unpaired) electrons. The molecule has 0 amide bonds. The summed E-state index contributed by atoms with van der Waals surface area (Å²) in [5.74, 6) is 0.565. The number of pyridine rings is 1. The van der Waals surface area contributed by atoms with Crippen LogP contribution in [-0.2, 0) is 4.74 Å². The number of morpholine rings is 1. The first-order valence-corrected chi connectivity index (χ1v) is 4.69. The zero-order valence-corrected chi connectivity index (χ0v) is 7.94. The maximum atomic E-state index is 7.97. The van der Waals surface area contributed by atoms with Crippen molar-refractivity contribution in [2.45, 2.75) is 0 Å². The first-order valence-electron chi connectivity index (χ1n) is 4.69. The number of nitrogens with zero attached hydrogens (tertiary/aromatic N) is 2. The number of rotatable bonds is 1. The Labute approximate surface area is 83.0 Å². The van der Waals surface area contributed by atoms with E-state index in [9.17, 15) is 0 Å². The van der Waals surface area contributed by atoms with E-state index in [4.69, 9.17) is 10.1 Å². The fourth-order valence-corrected chi connectivity index (χ4v) is 1.48. The molecule has 74 valence electrons. The van der Waals surface area contributed by atoms with Gasteiger partial charge in [-0.25, -0.2) is 0 Å². The van der Waals surface area contributed by atoms with Gasteiger partial charge < -0.3 is 9.64 Å². The standard InChI is InChI=1S/C10H13N3O/c11-10(9-1-3-12-4-2-9)13-5-7-14-8-6-13/h1-4,11H,5-8H2. The van der Waals surface area contributed by atoms with Gasteiger partial charge in [-0.2, -0.15) is 0 Å². The first kappa shape index (κ1) is 9.15. The SMILES string of the molecule is N=C(c1ccncc1)N1CCOCC1. The highest BCUT2D eigenvalue weighted by Crippen LogP contribution is 2.05. The van der Waals surface area contributed by atoms with Gasteiger partial charge in [-0.15, -0.1) is 0 Å². The van der Waals surface area contributed by atoms with Gasteiger partial charge in [0.2, 0.25) is 0 Å². The summed E-state index contributed by atoms with van der Waals surface area (Å²) in [5, 5.41) is 7.97. The average Bonchev–Trinajstić information content (AvgIpc) is 2.30. The summed E-state index contributed by atoms with van der Waals surface area (Å²) >= 11 is 0. The molecule has 1 aliphatic rings. The van der Waals surface area contributed by atoms with Gasteiger partial charge in [0.15, 0.2) is 0 Å². The number of aromatic nitrogens is 1. The van der Waals surface area contributed by atoms with E-state index in [2.05, 4.69) is 4.98 Å². The Bertz CT molecular complexity index is 306. The molecule has 1 aromatic heterocycles. The van der Waals surface area contributed by atoms with Crippen molar-refractivity contribution in [3.8, 4) is 0 Å². The molecule has 14 heavy (non-hydrogen) atoms. The van der Waals surface area contributed by atoms with Crippen LogP contribution in [0.5, 0.6) is 0 Å². The van der Waals surface area contributed by atoms with Crippen molar-refractivity contribution in [3.05, 3.63) is 30.1 Å². The summed E-state index contributed by atoms with van der Waals surface area (Å²) < 4.78 is 5.24. The Hall–Kier alpha value is -1.42. The van der Waals surface area contributed by atoms with E-state index in [1.54, 1.807) is 12.4 Å². The van der Waals surface area contributed by atoms with Gasteiger partial charge in [-0.3, -0.25) is 10.4 Å². The summed E-state index contributed by atoms with van der Waals surface area (Å²) in [4.78, 5) is 5.96. The molecule has 1 saturated heterocycles. The second kappa shape index (κ2) is 4.19. The van der Waals surface area contributed by atoms with Gasteiger partial charge in [0, 0.05) is 31.0 Å². The largest absolute Gasteiger partial charge is 0.378 e. The predicted octanol–water partition coefficient (Wildman–Crippen LogP) is 0.739. The molecular weight excluding hydrogens is 178 g/mol. The molecule has 0 saturated carbocycles. The fourth-order valence-electron chi connectivity index (χ4n) is 1.48. The molecule has 0 unspecified atom stereocenters. The second-order valence-electron chi connectivity index (χ2n) is 3.18. The second-order valence-corrected chi connectivity index (χ2v) is 3.18. The predicted molar refractivity (Wildman–Crippen MR) is 53.5 cm³/mol. The molecule has 0 atom stereocenters. The molecule has 1 aliphatic heterocycles. The quantitative estimate of drug-likeness (QED) is 0.526. The number of hydrogen-bond acceptors (Lipinski definition) is 3. The average molecular weight is 191 g/mol. The zero-order chi connectivity index (χ0) is 9.80. The maximum Gasteiger partial charge on any atom is 0.128 e. The van der Waals surface area contributed by atoms with Crippen LogP contribution < -0.4 is 0 Å². The number of hydrogen-bond donors (Lipinski definition) is 1. The minimum atomic E-state index is 0.565. The Morgan fingerprint density at radius 2 is 1.93 bits per heavy atom. The van der Waals surface area contributed by atoms with Crippen molar-refractivity contribution in [1.82, 2.24) is 9.88 Å². The minimum Gasteiger partial charge on any atom is -0.378 e. The van der Waals surface area contributed by atoms with E-state index < -0.39 is 0 Å². The third kappa shape index (κ3) is 1.90. The highest BCUT2D eigenvalue weighted by Gasteiger charge is 2.14. The number of ether oxygens (including phenoxy) is 1. The van der Waals surface area contributed by atoms with E-state index in [0.29, 0.717) is 19.0 Å². The molecule has 1 fully saturated rings. The first-order chi connectivity index (χ1) is 6.88. The highest BCUT2D eigenvalue weighted by molar-refractivity contribution is 5.96. The molecule has 2 rings (SSSR count). The van der Waals surface area contributed by atoms with Gasteiger partial charge in [-0.05, 0) is 12.1 Å². The van der Waals surface area contributed by atoms with Gasteiger partial charge in [-0.1, -0.05) is 0 Å². The fraction of sp³-hybridized carbons (Fsp3) is 0.400. The van der Waals surface area contributed by atoms with Crippen LogP contribution in [0.4, 0.5) is 0 Å². The van der Waals surface area contributed by atoms with Crippen LogP contribution in [0.25, 0.3) is 0 Å². The third-order valence-corrected chi connectivity index (χ3v) is 2.28. The smallest absolute Gasteiger partial charge is 0.128 e. The molecule has 0 aliphatic carbocycles. The van der Waals surface area contributed by atoms with Crippen molar-refractivity contribution in [2.24, 2.45) is 0 Å². The Kier molecular flexibility index (Phi) is 2.74. The topological polar surface area (TPSA) is 49.2 Å². The molecular formula is C10H13N3O. The molecule has 4 heteroatoms. The van der Waals surface area contributed by atoms with Gasteiger partial charge in [0.1, 0.15) is 5.84 Å². The van der Waals surface area contributed by atoms with Crippen LogP contribution in [-0.4, -0.2) is 42.0 Å². The Morgan fingerprint density at radius 1 is 1.29 bits per heavy atom. The number of amidine groups is 1. The van der Waals surface area contributed by atoms with Gasteiger partial charge >= 0.3 is 0 Å². The van der Waals surface area contributed by atoms with Crippen molar-refractivity contribution in [3.63, 3.8) is 0 Å². The molecule has 0 bridgehead atoms. The van der Waals surface area contributed by atoms with E-state index in [1.165, 1.54) is 0 Å². The van der Waals surface area contributed by atoms with Gasteiger partial charge in [0.05, 0.1) is 13.2 Å². The van der Waals surface area contributed by atoms with Crippen LogP contribution in [0.1, 0.15) is 5.56 Å². The van der Waals surface area contributed by atoms with E-state index in [-0.39, 0.29) is 0 Å². The monoisotopic (exact) mass is 191 g/mol. The van der Waals surface area contributed by atoms with Crippen LogP contribution >= 0.6 is 0 Å². The van der Waals surface area contributed by atoms with Crippen LogP contribution in [0, 0.1) is 5.41 Å². The molecule has 0 spiro atoms. The Balaban J connectivity index is 2.07. The molecule has 1 N–H and O–H groups in total. The number of nitrogens with one attached hydrogen (secondary N) is 1. The van der Waals surface area contributed by atoms with Crippen molar-refractivity contribution < 1.29 is 4.74 Å². The van der Waals surface area contributed by atoms with Crippen LogP contribution in [0.2, 0.25) is 0 Å². The summed E-state index contributed by atoms with van der Waals surface area (Å²) in [6.07, 6.45) is 3.43. The summed E-state index contributed by atoms with van der Waals surface area (Å²) in [5.41, 5.74) is 0.918. The Morgan fingerprint density at radius 3 is 2.57 bits per heavy atom. The van der Waals surface area contributed by atoms with Gasteiger partial charge in [0.25, 0.3) is 0 Å². The molecule has 1 aromatic rings. The van der Waals surface area contributed by atoms with E-state index >= 15 is 0 Å². The van der Waals surface area contributed by atoms with Crippen molar-refractivity contribution in [2.75, 3.05) is 26.3 Å². The lowest BCUT2D eigenvalue weighted by Gasteiger charge is -2.28. The lowest BCUT2D eigenvalue weighted by molar-refractivity contribution is 0.0680. The molecule has 0 aromatic carbocycles. The lowest BCUT2D eigenvalue weighted by Crippen LogP contribution is -2.40. The normalized spacial score (nSPS) is 16.7. The summed E-state index contributed by atoms with van der Waals surface area (Å²) in [6, 6.07) is 3.72. The maximum absolute atomic E-state index is 7.97. The van der Waals surface area contributed by atoms with E-state index in [0.717, 1.165) is 18.7 Å².